The van der Waals surface area contributed by atoms with Gasteiger partial charge >= 0.3 is 0 Å². The summed E-state index contributed by atoms with van der Waals surface area (Å²) in [4.78, 5) is 0. The Labute approximate surface area is 127 Å². The number of para-hydroxylation sites is 1. The Morgan fingerprint density at radius 1 is 1.29 bits per heavy atom. The lowest BCUT2D eigenvalue weighted by Crippen LogP contribution is -2.27. The molecular weight excluding hydrogens is 258 g/mol. The lowest BCUT2D eigenvalue weighted by molar-refractivity contribution is 0.402. The molecule has 0 bridgehead atoms. The number of hydrogen-bond donors (Lipinski definition) is 1. The van der Waals surface area contributed by atoms with Crippen molar-refractivity contribution in [2.75, 3.05) is 6.54 Å². The molecule has 2 aromatic rings. The van der Waals surface area contributed by atoms with Crippen molar-refractivity contribution < 1.29 is 0 Å². The predicted octanol–water partition coefficient (Wildman–Crippen LogP) is 3.96. The highest BCUT2D eigenvalue weighted by Crippen LogP contribution is 2.57. The van der Waals surface area contributed by atoms with Gasteiger partial charge in [-0.2, -0.15) is 5.10 Å². The van der Waals surface area contributed by atoms with E-state index in [9.17, 15) is 0 Å². The minimum absolute atomic E-state index is 0.391. The molecule has 1 heterocycles. The second-order valence-corrected chi connectivity index (χ2v) is 6.73. The van der Waals surface area contributed by atoms with Crippen molar-refractivity contribution in [3.8, 4) is 5.69 Å². The fraction of sp³-hybridized carbons (Fsp3) is 0.500. The van der Waals surface area contributed by atoms with Crippen LogP contribution in [0.5, 0.6) is 0 Å². The average Bonchev–Trinajstić information content (AvgIpc) is 2.90. The summed E-state index contributed by atoms with van der Waals surface area (Å²) in [6.07, 6.45) is 4.36. The summed E-state index contributed by atoms with van der Waals surface area (Å²) in [5, 5.41) is 8.29. The Bertz CT molecular complexity index is 586. The number of nitrogens with zero attached hydrogens (tertiary/aromatic N) is 2. The van der Waals surface area contributed by atoms with Crippen LogP contribution in [0.25, 0.3) is 5.69 Å². The van der Waals surface area contributed by atoms with Gasteiger partial charge < -0.3 is 5.32 Å². The van der Waals surface area contributed by atoms with E-state index in [1.165, 1.54) is 12.1 Å². The molecule has 1 aromatic heterocycles. The lowest BCUT2D eigenvalue weighted by atomic mass is 10.0. The molecule has 0 radical (unpaired) electrons. The summed E-state index contributed by atoms with van der Waals surface area (Å²) in [7, 11) is 0. The van der Waals surface area contributed by atoms with E-state index in [0.29, 0.717) is 17.4 Å². The highest BCUT2D eigenvalue weighted by atomic mass is 15.3. The maximum atomic E-state index is 4.55. The highest BCUT2D eigenvalue weighted by molar-refractivity contribution is 5.33. The van der Waals surface area contributed by atoms with Crippen molar-refractivity contribution in [3.63, 3.8) is 0 Å². The third-order valence-corrected chi connectivity index (χ3v) is 4.60. The second-order valence-electron chi connectivity index (χ2n) is 6.73. The molecule has 1 fully saturated rings. The predicted molar refractivity (Wildman–Crippen MR) is 86.5 cm³/mol. The zero-order chi connectivity index (χ0) is 14.9. The number of rotatable bonds is 6. The van der Waals surface area contributed by atoms with Crippen LogP contribution < -0.4 is 5.32 Å². The fourth-order valence-corrected chi connectivity index (χ4v) is 3.16. The van der Waals surface area contributed by atoms with Gasteiger partial charge in [-0.15, -0.1) is 0 Å². The van der Waals surface area contributed by atoms with Crippen LogP contribution in [0.3, 0.4) is 0 Å². The van der Waals surface area contributed by atoms with E-state index in [1.807, 2.05) is 12.3 Å². The number of hydrogen-bond acceptors (Lipinski definition) is 2. The normalized spacial score (nSPS) is 21.2. The Balaban J connectivity index is 1.92. The first-order chi connectivity index (χ1) is 10.1. The SMILES string of the molecule is CCCNC(c1ccnn1-c1ccccc1)C1CC1(C)C. The van der Waals surface area contributed by atoms with Crippen LogP contribution in [0.1, 0.15) is 45.3 Å². The topological polar surface area (TPSA) is 29.9 Å². The van der Waals surface area contributed by atoms with Gasteiger partial charge in [0, 0.05) is 6.20 Å². The molecule has 1 saturated carbocycles. The smallest absolute Gasteiger partial charge is 0.0649 e. The molecule has 0 amide bonds. The minimum Gasteiger partial charge on any atom is -0.308 e. The van der Waals surface area contributed by atoms with Crippen LogP contribution in [0.2, 0.25) is 0 Å². The Morgan fingerprint density at radius 3 is 2.62 bits per heavy atom. The lowest BCUT2D eigenvalue weighted by Gasteiger charge is -2.21. The standard InChI is InChI=1S/C18H25N3/c1-4-11-19-17(15-13-18(15,2)3)16-10-12-20-21(16)14-8-6-5-7-9-14/h5-10,12,15,17,19H,4,11,13H2,1-3H3. The first-order valence-corrected chi connectivity index (χ1v) is 7.96. The van der Waals surface area contributed by atoms with Gasteiger partial charge in [0.15, 0.2) is 0 Å². The molecule has 3 heteroatoms. The molecule has 21 heavy (non-hydrogen) atoms. The van der Waals surface area contributed by atoms with Gasteiger partial charge in [-0.25, -0.2) is 4.68 Å². The number of nitrogens with one attached hydrogen (secondary N) is 1. The Kier molecular flexibility index (Phi) is 3.85. The summed E-state index contributed by atoms with van der Waals surface area (Å²) in [6, 6.07) is 13.0. The molecule has 1 N–H and O–H groups in total. The van der Waals surface area contributed by atoms with Crippen molar-refractivity contribution in [1.82, 2.24) is 15.1 Å². The molecule has 2 unspecified atom stereocenters. The van der Waals surface area contributed by atoms with Crippen molar-refractivity contribution in [2.24, 2.45) is 11.3 Å². The molecule has 3 nitrogen and oxygen atoms in total. The molecule has 0 saturated heterocycles. The molecule has 0 spiro atoms. The Morgan fingerprint density at radius 2 is 2.00 bits per heavy atom. The van der Waals surface area contributed by atoms with Crippen LogP contribution in [0.15, 0.2) is 42.6 Å². The van der Waals surface area contributed by atoms with Crippen LogP contribution >= 0.6 is 0 Å². The number of benzene rings is 1. The monoisotopic (exact) mass is 283 g/mol. The molecule has 0 aliphatic heterocycles. The first kappa shape index (κ1) is 14.3. The number of aromatic nitrogens is 2. The molecule has 1 aliphatic carbocycles. The minimum atomic E-state index is 0.391. The van der Waals surface area contributed by atoms with Crippen LogP contribution in [-0.2, 0) is 0 Å². The van der Waals surface area contributed by atoms with E-state index < -0.39 is 0 Å². The molecule has 3 rings (SSSR count). The van der Waals surface area contributed by atoms with Gasteiger partial charge in [-0.05, 0) is 48.9 Å². The van der Waals surface area contributed by atoms with Gasteiger partial charge in [0.1, 0.15) is 0 Å². The molecular formula is C18H25N3. The largest absolute Gasteiger partial charge is 0.308 e. The van der Waals surface area contributed by atoms with Crippen molar-refractivity contribution in [3.05, 3.63) is 48.3 Å². The van der Waals surface area contributed by atoms with Crippen LogP contribution in [0.4, 0.5) is 0 Å². The molecule has 2 atom stereocenters. The van der Waals surface area contributed by atoms with Crippen LogP contribution in [-0.4, -0.2) is 16.3 Å². The molecule has 112 valence electrons. The van der Waals surface area contributed by atoms with Gasteiger partial charge in [0.25, 0.3) is 0 Å². The zero-order valence-electron chi connectivity index (χ0n) is 13.2. The quantitative estimate of drug-likeness (QED) is 0.869. The van der Waals surface area contributed by atoms with Crippen molar-refractivity contribution in [1.29, 1.82) is 0 Å². The maximum Gasteiger partial charge on any atom is 0.0649 e. The van der Waals surface area contributed by atoms with Crippen molar-refractivity contribution >= 4 is 0 Å². The fourth-order valence-electron chi connectivity index (χ4n) is 3.16. The zero-order valence-corrected chi connectivity index (χ0v) is 13.2. The summed E-state index contributed by atoms with van der Waals surface area (Å²) in [5.41, 5.74) is 2.86. The Hall–Kier alpha value is -1.61. The van der Waals surface area contributed by atoms with Crippen LogP contribution in [0, 0.1) is 11.3 Å². The van der Waals surface area contributed by atoms with E-state index >= 15 is 0 Å². The summed E-state index contributed by atoms with van der Waals surface area (Å²) in [6.45, 7) is 8.00. The van der Waals surface area contributed by atoms with E-state index in [4.69, 9.17) is 0 Å². The van der Waals surface area contributed by atoms with Gasteiger partial charge in [-0.1, -0.05) is 39.0 Å². The van der Waals surface area contributed by atoms with Gasteiger partial charge in [-0.3, -0.25) is 0 Å². The highest BCUT2D eigenvalue weighted by Gasteiger charge is 2.51. The van der Waals surface area contributed by atoms with Crippen molar-refractivity contribution in [2.45, 2.75) is 39.7 Å². The van der Waals surface area contributed by atoms with E-state index in [1.54, 1.807) is 0 Å². The summed E-state index contributed by atoms with van der Waals surface area (Å²) >= 11 is 0. The van der Waals surface area contributed by atoms with Gasteiger partial charge in [0.2, 0.25) is 0 Å². The maximum absolute atomic E-state index is 4.55. The van der Waals surface area contributed by atoms with E-state index in [0.717, 1.165) is 18.7 Å². The third-order valence-electron chi connectivity index (χ3n) is 4.60. The second kappa shape index (κ2) is 5.64. The average molecular weight is 283 g/mol. The summed E-state index contributed by atoms with van der Waals surface area (Å²) < 4.78 is 2.09. The van der Waals surface area contributed by atoms with E-state index in [2.05, 4.69) is 66.2 Å². The molecule has 1 aliphatic rings. The van der Waals surface area contributed by atoms with E-state index in [-0.39, 0.29) is 0 Å². The van der Waals surface area contributed by atoms with Gasteiger partial charge in [0.05, 0.1) is 17.4 Å². The third kappa shape index (κ3) is 2.88. The first-order valence-electron chi connectivity index (χ1n) is 7.96. The molecule has 1 aromatic carbocycles. The summed E-state index contributed by atoms with van der Waals surface area (Å²) in [5.74, 6) is 0.697.